The molecule has 1 unspecified atom stereocenters. The Morgan fingerprint density at radius 2 is 2.40 bits per heavy atom. The molecule has 0 aliphatic rings. The minimum atomic E-state index is -0.853. The summed E-state index contributed by atoms with van der Waals surface area (Å²) < 4.78 is 4.38. The van der Waals surface area contributed by atoms with Gasteiger partial charge in [0, 0.05) is 6.08 Å². The van der Waals surface area contributed by atoms with Crippen molar-refractivity contribution < 1.29 is 14.6 Å². The summed E-state index contributed by atoms with van der Waals surface area (Å²) in [5.74, 6) is -0.544. The number of ether oxygens (including phenoxy) is 1. The maximum Gasteiger partial charge on any atom is 0.330 e. The van der Waals surface area contributed by atoms with Gasteiger partial charge in [-0.25, -0.2) is 4.79 Å². The molecule has 0 fully saturated rings. The van der Waals surface area contributed by atoms with Gasteiger partial charge in [0.2, 0.25) is 0 Å². The van der Waals surface area contributed by atoms with Crippen molar-refractivity contribution in [1.29, 1.82) is 0 Å². The molecule has 0 aliphatic carbocycles. The number of hydrogen-bond acceptors (Lipinski definition) is 3. The van der Waals surface area contributed by atoms with Crippen molar-refractivity contribution in [3.8, 4) is 0 Å². The third kappa shape index (κ3) is 6.17. The van der Waals surface area contributed by atoms with Gasteiger partial charge in [0.15, 0.2) is 0 Å². The number of carbonyl (C=O) groups is 1. The molecule has 0 heterocycles. The first-order valence-corrected chi connectivity index (χ1v) is 2.47. The molecular formula is C6H9O3Rf-. The molecule has 0 amide bonds. The number of aliphatic hydroxyl groups is 1. The summed E-state index contributed by atoms with van der Waals surface area (Å²) in [5.41, 5.74) is 0. The first-order chi connectivity index (χ1) is 4.16. The van der Waals surface area contributed by atoms with E-state index in [0.29, 0.717) is 0 Å². The Morgan fingerprint density at radius 1 is 1.90 bits per heavy atom. The van der Waals surface area contributed by atoms with Crippen LogP contribution in [0.3, 0.4) is 0 Å². The van der Waals surface area contributed by atoms with E-state index in [9.17, 15) is 4.79 Å². The van der Waals surface area contributed by atoms with Crippen LogP contribution in [0, 0.1) is 6.92 Å². The molecule has 0 saturated heterocycles. The molecule has 0 aromatic rings. The van der Waals surface area contributed by atoms with Gasteiger partial charge in [-0.05, 0) is 6.10 Å². The van der Waals surface area contributed by atoms with Crippen LogP contribution in [0.4, 0.5) is 0 Å². The molecule has 0 aliphatic heterocycles. The zero-order chi connectivity index (χ0) is 7.28. The van der Waals surface area contributed by atoms with Crippen molar-refractivity contribution in [1.82, 2.24) is 0 Å². The Balaban J connectivity index is 0. The van der Waals surface area contributed by atoms with Crippen molar-refractivity contribution >= 4 is 5.97 Å². The van der Waals surface area contributed by atoms with Crippen LogP contribution in [0.25, 0.3) is 0 Å². The molecule has 4 heteroatoms. The molecule has 0 rings (SSSR count). The molecule has 0 aromatic heterocycles. The Bertz CT molecular complexity index is 112. The maximum absolute atomic E-state index is 10.2. The molecule has 0 spiro atoms. The minimum Gasteiger partial charge on any atom is -0.463 e. The molecule has 54 valence electrons. The van der Waals surface area contributed by atoms with E-state index in [4.69, 9.17) is 5.11 Å². The van der Waals surface area contributed by atoms with Crippen LogP contribution in [0.1, 0.15) is 0 Å². The molecule has 1 atom stereocenters. The van der Waals surface area contributed by atoms with Gasteiger partial charge in [0.05, 0.1) is 6.61 Å². The second-order valence-electron chi connectivity index (χ2n) is 1.49. The van der Waals surface area contributed by atoms with E-state index in [1.165, 1.54) is 0 Å². The van der Waals surface area contributed by atoms with E-state index in [0.717, 1.165) is 6.08 Å². The van der Waals surface area contributed by atoms with Gasteiger partial charge in [-0.2, -0.15) is 0 Å². The smallest absolute Gasteiger partial charge is 0.330 e. The number of esters is 1. The third-order valence-corrected chi connectivity index (χ3v) is 0.585. The van der Waals surface area contributed by atoms with E-state index < -0.39 is 12.1 Å². The number of rotatable bonds is 3. The van der Waals surface area contributed by atoms with Gasteiger partial charge in [-0.1, -0.05) is 6.58 Å². The maximum atomic E-state index is 10.2. The van der Waals surface area contributed by atoms with E-state index in [1.807, 2.05) is 0 Å². The summed E-state index contributed by atoms with van der Waals surface area (Å²) in [6, 6.07) is 0. The molecule has 0 radical (unpaired) electrons. The Morgan fingerprint density at radius 3 is 2.70 bits per heavy atom. The third-order valence-electron chi connectivity index (χ3n) is 0.585. The van der Waals surface area contributed by atoms with Gasteiger partial charge in [-0.15, -0.1) is 0 Å². The number of carbonyl (C=O) groups excluding carboxylic acids is 1. The molecule has 0 aromatic carbocycles. The van der Waals surface area contributed by atoms with Crippen molar-refractivity contribution in [3.05, 3.63) is 19.6 Å². The number of hydrogen-bond donors (Lipinski definition) is 1. The quantitative estimate of drug-likeness (QED) is 0.412. The van der Waals surface area contributed by atoms with Gasteiger partial charge in [-0.3, -0.25) is 0 Å². The largest absolute Gasteiger partial charge is 0.463 e. The van der Waals surface area contributed by atoms with Gasteiger partial charge < -0.3 is 16.8 Å². The van der Waals surface area contributed by atoms with Crippen LogP contribution in [0.15, 0.2) is 12.7 Å². The predicted molar refractivity (Wildman–Crippen MR) is 32.5 cm³/mol. The van der Waals surface area contributed by atoms with Crippen LogP contribution in [0.5, 0.6) is 0 Å². The van der Waals surface area contributed by atoms with E-state index in [-0.39, 0.29) is 6.61 Å². The van der Waals surface area contributed by atoms with Crippen LogP contribution >= 0.6 is 0 Å². The van der Waals surface area contributed by atoms with E-state index >= 15 is 0 Å². The number of aliphatic hydroxyl groups excluding tert-OH is 1. The molecule has 1 N–H and O–H groups in total. The fraction of sp³-hybridized carbons (Fsp3) is 0.333. The van der Waals surface area contributed by atoms with Gasteiger partial charge in [0.1, 0.15) is 0 Å². The summed E-state index contributed by atoms with van der Waals surface area (Å²) in [6.45, 7) is 6.27. The second kappa shape index (κ2) is 5.31. The molecule has 3 nitrogen and oxygen atoms in total. The fourth-order valence-electron chi connectivity index (χ4n) is 0.237. The summed E-state index contributed by atoms with van der Waals surface area (Å²) in [7, 11) is 0. The minimum absolute atomic E-state index is 0. The Kier molecular flexibility index (Phi) is 5.86. The summed E-state index contributed by atoms with van der Waals surface area (Å²) in [6.07, 6.45) is 0.177. The summed E-state index contributed by atoms with van der Waals surface area (Å²) >= 11 is 0. The zero-order valence-electron chi connectivity index (χ0n) is 5.75. The topological polar surface area (TPSA) is 46.5 Å². The monoisotopic (exact) mass is 396 g/mol. The van der Waals surface area contributed by atoms with Crippen LogP contribution in [0.2, 0.25) is 0 Å². The summed E-state index contributed by atoms with van der Waals surface area (Å²) in [4.78, 5) is 10.2. The van der Waals surface area contributed by atoms with Gasteiger partial charge >= 0.3 is 5.97 Å². The standard InChI is InChI=1S/C6H9O3.Rf/c1-3-6(8)9-4-5(2)7;/h3,5,7H,1-2,4H2;/q-1;. The molecule has 10 heavy (non-hydrogen) atoms. The zero-order valence-corrected chi connectivity index (χ0v) is 12.1. The van der Waals surface area contributed by atoms with Crippen LogP contribution in [-0.2, 0) is 9.53 Å². The van der Waals surface area contributed by atoms with Crippen molar-refractivity contribution in [2.45, 2.75) is 6.10 Å². The Labute approximate surface area is 53.9 Å². The van der Waals surface area contributed by atoms with Crippen LogP contribution < -0.4 is 0 Å². The average Bonchev–Trinajstić information content (AvgIpc) is 1.83. The van der Waals surface area contributed by atoms with E-state index in [1.54, 1.807) is 0 Å². The first-order valence-electron chi connectivity index (χ1n) is 2.47. The van der Waals surface area contributed by atoms with Crippen molar-refractivity contribution in [2.75, 3.05) is 6.61 Å². The molecular weight excluding hydrogens is 387 g/mol. The van der Waals surface area contributed by atoms with Crippen molar-refractivity contribution in [3.63, 3.8) is 0 Å². The summed E-state index contributed by atoms with van der Waals surface area (Å²) in [5, 5.41) is 8.47. The molecule has 0 bridgehead atoms. The van der Waals surface area contributed by atoms with Crippen LogP contribution in [-0.4, -0.2) is 23.8 Å². The fourth-order valence-corrected chi connectivity index (χ4v) is 0.237. The molecule has 0 saturated carbocycles. The SMILES string of the molecule is C=CC(=O)OCC([CH2-])O.[Rf]. The predicted octanol–water partition coefficient (Wildman–Crippen LogP) is -0.0894. The normalized spacial score (nSPS) is 11.0. The average molecular weight is 396 g/mol. The Hall–Kier alpha value is -1.83. The van der Waals surface area contributed by atoms with E-state index in [2.05, 4.69) is 18.2 Å². The van der Waals surface area contributed by atoms with Crippen molar-refractivity contribution in [2.24, 2.45) is 0 Å². The first kappa shape index (κ1) is 11.0. The second-order valence-corrected chi connectivity index (χ2v) is 1.49. The van der Waals surface area contributed by atoms with Gasteiger partial charge in [0.25, 0.3) is 0 Å².